The van der Waals surface area contributed by atoms with Gasteiger partial charge in [-0.25, -0.2) is 9.80 Å². The van der Waals surface area contributed by atoms with Gasteiger partial charge >= 0.3 is 5.97 Å². The molecular weight excluding hydrogens is 397 g/mol. The number of benzene rings is 2. The molecule has 0 radical (unpaired) electrons. The first-order valence-electron chi connectivity index (χ1n) is 8.91. The van der Waals surface area contributed by atoms with Crippen LogP contribution in [0.1, 0.15) is 24.5 Å². The van der Waals surface area contributed by atoms with Crippen molar-refractivity contribution in [3.8, 4) is 0 Å². The lowest BCUT2D eigenvalue weighted by Crippen LogP contribution is -2.29. The van der Waals surface area contributed by atoms with Gasteiger partial charge < -0.3 is 4.74 Å². The summed E-state index contributed by atoms with van der Waals surface area (Å²) in [6, 6.07) is 15.0. The zero-order valence-corrected chi connectivity index (χ0v) is 16.6. The highest BCUT2D eigenvalue weighted by atomic mass is 35.5. The molecule has 0 bridgehead atoms. The van der Waals surface area contributed by atoms with Gasteiger partial charge in [0.15, 0.2) is 0 Å². The van der Waals surface area contributed by atoms with E-state index in [0.717, 1.165) is 22.5 Å². The summed E-state index contributed by atoms with van der Waals surface area (Å²) in [5.41, 5.74) is 3.68. The van der Waals surface area contributed by atoms with Gasteiger partial charge in [0.25, 0.3) is 0 Å². The SMILES string of the molecule is CCOC(=O)C1=NN2C(c3ccccc3Cl)=CC(c3ccc(Cl)cc3)=NC2C1. The molecule has 5 nitrogen and oxygen atoms in total. The largest absolute Gasteiger partial charge is 0.461 e. The van der Waals surface area contributed by atoms with Crippen LogP contribution in [-0.4, -0.2) is 35.2 Å². The van der Waals surface area contributed by atoms with Crippen molar-refractivity contribution in [2.24, 2.45) is 10.1 Å². The number of halogens is 2. The fourth-order valence-corrected chi connectivity index (χ4v) is 3.55. The Morgan fingerprint density at radius 2 is 1.93 bits per heavy atom. The number of nitrogens with zero attached hydrogens (tertiary/aromatic N) is 3. The fraction of sp³-hybridized carbons (Fsp3) is 0.190. The zero-order valence-electron chi connectivity index (χ0n) is 15.1. The molecular formula is C21H17Cl2N3O2. The summed E-state index contributed by atoms with van der Waals surface area (Å²) in [5, 5.41) is 7.49. The number of carbonyl (C=O) groups excluding carboxylic acids is 1. The highest BCUT2D eigenvalue weighted by Gasteiger charge is 2.36. The third-order valence-electron chi connectivity index (χ3n) is 4.50. The summed E-state index contributed by atoms with van der Waals surface area (Å²) in [6.07, 6.45) is 1.97. The zero-order chi connectivity index (χ0) is 19.7. The fourth-order valence-electron chi connectivity index (χ4n) is 3.19. The smallest absolute Gasteiger partial charge is 0.354 e. The van der Waals surface area contributed by atoms with Crippen LogP contribution in [-0.2, 0) is 9.53 Å². The Bertz CT molecular complexity index is 1010. The monoisotopic (exact) mass is 413 g/mol. The van der Waals surface area contributed by atoms with Gasteiger partial charge in [-0.3, -0.25) is 4.99 Å². The molecule has 0 saturated heterocycles. The van der Waals surface area contributed by atoms with E-state index >= 15 is 0 Å². The van der Waals surface area contributed by atoms with Crippen LogP contribution in [0.4, 0.5) is 0 Å². The van der Waals surface area contributed by atoms with Crippen molar-refractivity contribution in [2.45, 2.75) is 19.5 Å². The Labute approximate surface area is 172 Å². The lowest BCUT2D eigenvalue weighted by atomic mass is 10.0. The van der Waals surface area contributed by atoms with Crippen molar-refractivity contribution in [1.82, 2.24) is 5.01 Å². The maximum Gasteiger partial charge on any atom is 0.354 e. The number of rotatable bonds is 4. The number of hydrogen-bond acceptors (Lipinski definition) is 5. The maximum absolute atomic E-state index is 12.2. The van der Waals surface area contributed by atoms with E-state index in [1.165, 1.54) is 0 Å². The van der Waals surface area contributed by atoms with E-state index in [4.69, 9.17) is 32.9 Å². The molecule has 0 N–H and O–H groups in total. The molecule has 0 spiro atoms. The molecule has 2 heterocycles. The van der Waals surface area contributed by atoms with E-state index in [-0.39, 0.29) is 6.17 Å². The summed E-state index contributed by atoms with van der Waals surface area (Å²) >= 11 is 12.5. The van der Waals surface area contributed by atoms with Gasteiger partial charge in [0.05, 0.1) is 18.0 Å². The number of hydrazone groups is 1. The summed E-state index contributed by atoms with van der Waals surface area (Å²) in [6.45, 7) is 2.07. The summed E-state index contributed by atoms with van der Waals surface area (Å²) in [5.74, 6) is -0.418. The topological polar surface area (TPSA) is 54.3 Å². The quantitative estimate of drug-likeness (QED) is 0.677. The van der Waals surface area contributed by atoms with Crippen LogP contribution in [0.25, 0.3) is 5.70 Å². The maximum atomic E-state index is 12.2. The number of aliphatic imine (C=N–C) groups is 1. The van der Waals surface area contributed by atoms with Crippen molar-refractivity contribution >= 4 is 46.3 Å². The highest BCUT2D eigenvalue weighted by molar-refractivity contribution is 6.37. The van der Waals surface area contributed by atoms with Crippen molar-refractivity contribution in [3.05, 3.63) is 75.8 Å². The minimum Gasteiger partial charge on any atom is -0.461 e. The van der Waals surface area contributed by atoms with Crippen LogP contribution in [0.3, 0.4) is 0 Å². The molecule has 0 saturated carbocycles. The molecule has 1 atom stereocenters. The number of hydrogen-bond donors (Lipinski definition) is 0. The normalized spacial score (nSPS) is 18.2. The second kappa shape index (κ2) is 7.78. The first-order chi connectivity index (χ1) is 13.6. The van der Waals surface area contributed by atoms with E-state index in [9.17, 15) is 4.79 Å². The van der Waals surface area contributed by atoms with Crippen LogP contribution < -0.4 is 0 Å². The lowest BCUT2D eigenvalue weighted by Gasteiger charge is -2.28. The predicted octanol–water partition coefficient (Wildman–Crippen LogP) is 4.79. The Morgan fingerprint density at radius 1 is 1.18 bits per heavy atom. The minimum atomic E-state index is -0.418. The first-order valence-corrected chi connectivity index (χ1v) is 9.66. The summed E-state index contributed by atoms with van der Waals surface area (Å²) in [4.78, 5) is 17.0. The van der Waals surface area contributed by atoms with Crippen molar-refractivity contribution in [1.29, 1.82) is 0 Å². The molecule has 2 aromatic carbocycles. The van der Waals surface area contributed by atoms with Gasteiger partial charge in [0.1, 0.15) is 11.9 Å². The molecule has 0 fully saturated rings. The van der Waals surface area contributed by atoms with Crippen LogP contribution in [0, 0.1) is 0 Å². The van der Waals surface area contributed by atoms with E-state index in [0.29, 0.717) is 28.8 Å². The number of esters is 1. The molecule has 2 aliphatic rings. The van der Waals surface area contributed by atoms with Crippen molar-refractivity contribution in [3.63, 3.8) is 0 Å². The Balaban J connectivity index is 1.79. The minimum absolute atomic E-state index is 0.301. The summed E-state index contributed by atoms with van der Waals surface area (Å²) in [7, 11) is 0. The number of fused-ring (bicyclic) bond motifs is 1. The van der Waals surface area contributed by atoms with Crippen LogP contribution >= 0.6 is 23.2 Å². The molecule has 7 heteroatoms. The van der Waals surface area contributed by atoms with E-state index < -0.39 is 5.97 Å². The molecule has 0 aliphatic carbocycles. The first kappa shape index (κ1) is 18.7. The number of ether oxygens (including phenoxy) is 1. The lowest BCUT2D eigenvalue weighted by molar-refractivity contribution is -0.135. The molecule has 0 amide bonds. The second-order valence-corrected chi connectivity index (χ2v) is 7.17. The van der Waals surface area contributed by atoms with Crippen LogP contribution in [0.2, 0.25) is 10.0 Å². The molecule has 0 aromatic heterocycles. The third-order valence-corrected chi connectivity index (χ3v) is 5.08. The molecule has 142 valence electrons. The van der Waals surface area contributed by atoms with Crippen LogP contribution in [0.5, 0.6) is 0 Å². The molecule has 1 unspecified atom stereocenters. The summed E-state index contributed by atoms with van der Waals surface area (Å²) < 4.78 is 5.12. The van der Waals surface area contributed by atoms with Crippen molar-refractivity contribution < 1.29 is 9.53 Å². The van der Waals surface area contributed by atoms with Crippen molar-refractivity contribution in [2.75, 3.05) is 6.61 Å². The number of carbonyl (C=O) groups is 1. The van der Waals surface area contributed by atoms with Gasteiger partial charge in [-0.2, -0.15) is 5.10 Å². The van der Waals surface area contributed by atoms with Gasteiger partial charge in [-0.15, -0.1) is 0 Å². The third kappa shape index (κ3) is 3.55. The van der Waals surface area contributed by atoms with Gasteiger partial charge in [-0.05, 0) is 36.8 Å². The predicted molar refractivity (Wildman–Crippen MR) is 112 cm³/mol. The molecule has 2 aromatic rings. The van der Waals surface area contributed by atoms with Gasteiger partial charge in [-0.1, -0.05) is 53.5 Å². The number of allylic oxidation sites excluding steroid dienone is 1. The Hall–Kier alpha value is -2.63. The standard InChI is InChI=1S/C21H17Cl2N3O2/c1-2-28-21(27)18-12-20-24-17(13-7-9-14(22)10-8-13)11-19(26(20)25-18)15-5-3-4-6-16(15)23/h3-11,20H,2,12H2,1H3. The van der Waals surface area contributed by atoms with E-state index in [1.54, 1.807) is 11.9 Å². The average molecular weight is 414 g/mol. The van der Waals surface area contributed by atoms with Crippen LogP contribution in [0.15, 0.2) is 64.7 Å². The Kier molecular flexibility index (Phi) is 5.20. The Morgan fingerprint density at radius 3 is 2.64 bits per heavy atom. The van der Waals surface area contributed by atoms with Gasteiger partial charge in [0.2, 0.25) is 0 Å². The van der Waals surface area contributed by atoms with E-state index in [1.807, 2.05) is 54.6 Å². The van der Waals surface area contributed by atoms with Gasteiger partial charge in [0, 0.05) is 22.0 Å². The molecule has 28 heavy (non-hydrogen) atoms. The highest BCUT2D eigenvalue weighted by Crippen LogP contribution is 2.35. The molecule has 2 aliphatic heterocycles. The average Bonchev–Trinajstić information content (AvgIpc) is 3.13. The second-order valence-electron chi connectivity index (χ2n) is 6.33. The molecule has 4 rings (SSSR count). The van der Waals surface area contributed by atoms with E-state index in [2.05, 4.69) is 5.10 Å².